The first-order valence-electron chi connectivity index (χ1n) is 7.47. The van der Waals surface area contributed by atoms with Crippen molar-refractivity contribution in [3.8, 4) is 0 Å². The van der Waals surface area contributed by atoms with E-state index in [2.05, 4.69) is 10.3 Å². The third kappa shape index (κ3) is 3.40. The van der Waals surface area contributed by atoms with Crippen molar-refractivity contribution in [2.45, 2.75) is 20.1 Å². The molecule has 1 heterocycles. The summed E-state index contributed by atoms with van der Waals surface area (Å²) in [6.07, 6.45) is 0. The fourth-order valence-corrected chi connectivity index (χ4v) is 2.52. The molecule has 0 unspecified atom stereocenters. The van der Waals surface area contributed by atoms with Crippen molar-refractivity contribution in [2.24, 2.45) is 0 Å². The Morgan fingerprint density at radius 2 is 1.91 bits per heavy atom. The molecule has 0 aliphatic carbocycles. The van der Waals surface area contributed by atoms with Crippen molar-refractivity contribution >= 4 is 22.6 Å². The zero-order valence-corrected chi connectivity index (χ0v) is 13.2. The molecule has 118 valence electrons. The number of aryl methyl sites for hydroxylation is 1. The van der Waals surface area contributed by atoms with Crippen LogP contribution in [0.25, 0.3) is 11.0 Å². The summed E-state index contributed by atoms with van der Waals surface area (Å²) in [5.41, 5.74) is 3.74. The minimum Gasteiger partial charge on any atom is -0.377 e. The number of hydrogen-bond donors (Lipinski definition) is 1. The molecule has 2 aromatic carbocycles. The van der Waals surface area contributed by atoms with E-state index in [9.17, 15) is 4.79 Å². The lowest BCUT2D eigenvalue weighted by Gasteiger charge is -2.10. The minimum atomic E-state index is -0.0886. The highest BCUT2D eigenvalue weighted by Crippen LogP contribution is 2.17. The van der Waals surface area contributed by atoms with E-state index in [1.165, 1.54) is 0 Å². The molecule has 0 bridgehead atoms. The molecular weight excluding hydrogens is 290 g/mol. The summed E-state index contributed by atoms with van der Waals surface area (Å²) >= 11 is 0. The molecule has 0 aliphatic heterocycles. The number of hydrogen-bond acceptors (Lipinski definition) is 3. The Hall–Kier alpha value is -2.66. The van der Waals surface area contributed by atoms with Crippen LogP contribution in [0.4, 0.5) is 5.69 Å². The third-order valence-corrected chi connectivity index (χ3v) is 3.64. The smallest absolute Gasteiger partial charge is 0.244 e. The van der Waals surface area contributed by atoms with Crippen molar-refractivity contribution in [1.82, 2.24) is 9.55 Å². The molecule has 0 radical (unpaired) electrons. The Kier molecular flexibility index (Phi) is 4.39. The number of ether oxygens (including phenoxy) is 1. The lowest BCUT2D eigenvalue weighted by atomic mass is 10.2. The summed E-state index contributed by atoms with van der Waals surface area (Å²) in [7, 11) is 1.62. The van der Waals surface area contributed by atoms with Gasteiger partial charge < -0.3 is 14.6 Å². The van der Waals surface area contributed by atoms with Crippen molar-refractivity contribution < 1.29 is 9.53 Å². The molecule has 3 aromatic rings. The van der Waals surface area contributed by atoms with Crippen molar-refractivity contribution in [2.75, 3.05) is 12.4 Å². The summed E-state index contributed by atoms with van der Waals surface area (Å²) in [6, 6.07) is 15.5. The summed E-state index contributed by atoms with van der Waals surface area (Å²) in [5.74, 6) is 0.655. The predicted octanol–water partition coefficient (Wildman–Crippen LogP) is 3.13. The second-order valence-electron chi connectivity index (χ2n) is 5.45. The van der Waals surface area contributed by atoms with E-state index < -0.39 is 0 Å². The van der Waals surface area contributed by atoms with Crippen LogP contribution in [0.1, 0.15) is 11.4 Å². The molecule has 5 heteroatoms. The Balaban J connectivity index is 1.83. The van der Waals surface area contributed by atoms with Gasteiger partial charge in [0.1, 0.15) is 19.0 Å². The number of aromatic nitrogens is 2. The SMILES string of the molecule is COCc1nc2ccccc2n1CC(=O)Nc1ccc(C)cc1. The highest BCUT2D eigenvalue weighted by atomic mass is 16.5. The van der Waals surface area contributed by atoms with Crippen LogP contribution in [0.2, 0.25) is 0 Å². The topological polar surface area (TPSA) is 56.2 Å². The average Bonchev–Trinajstić information content (AvgIpc) is 2.88. The van der Waals surface area contributed by atoms with Gasteiger partial charge in [0, 0.05) is 12.8 Å². The second-order valence-corrected chi connectivity index (χ2v) is 5.45. The molecular formula is C18H19N3O2. The van der Waals surface area contributed by atoms with Crippen molar-refractivity contribution in [3.05, 3.63) is 59.9 Å². The summed E-state index contributed by atoms with van der Waals surface area (Å²) in [6.45, 7) is 2.58. The Labute approximate surface area is 134 Å². The van der Waals surface area contributed by atoms with Gasteiger partial charge in [0.05, 0.1) is 11.0 Å². The maximum Gasteiger partial charge on any atom is 0.244 e. The molecule has 0 fully saturated rings. The molecule has 1 amide bonds. The quantitative estimate of drug-likeness (QED) is 0.788. The number of imidazole rings is 1. The number of nitrogens with one attached hydrogen (secondary N) is 1. The maximum absolute atomic E-state index is 12.4. The summed E-state index contributed by atoms with van der Waals surface area (Å²) in [5, 5.41) is 2.91. The first-order chi connectivity index (χ1) is 11.2. The number of carbonyl (C=O) groups is 1. The molecule has 1 aromatic heterocycles. The molecule has 1 N–H and O–H groups in total. The van der Waals surface area contributed by atoms with Gasteiger partial charge in [0.2, 0.25) is 5.91 Å². The van der Waals surface area contributed by atoms with Gasteiger partial charge in [-0.05, 0) is 31.2 Å². The van der Waals surface area contributed by atoms with Crippen molar-refractivity contribution in [3.63, 3.8) is 0 Å². The maximum atomic E-state index is 12.4. The minimum absolute atomic E-state index is 0.0886. The lowest BCUT2D eigenvalue weighted by molar-refractivity contribution is -0.116. The number of amides is 1. The molecule has 3 rings (SSSR count). The first kappa shape index (κ1) is 15.2. The molecule has 0 aliphatic rings. The zero-order valence-electron chi connectivity index (χ0n) is 13.2. The van der Waals surface area contributed by atoms with Gasteiger partial charge in [-0.25, -0.2) is 4.98 Å². The molecule has 0 spiro atoms. The van der Waals surface area contributed by atoms with Gasteiger partial charge in [-0.2, -0.15) is 0 Å². The van der Waals surface area contributed by atoms with E-state index >= 15 is 0 Å². The number of methoxy groups -OCH3 is 1. The average molecular weight is 309 g/mol. The van der Waals surface area contributed by atoms with E-state index in [-0.39, 0.29) is 12.5 Å². The summed E-state index contributed by atoms with van der Waals surface area (Å²) in [4.78, 5) is 16.9. The van der Waals surface area contributed by atoms with Gasteiger partial charge in [-0.1, -0.05) is 29.8 Å². The molecule has 0 saturated heterocycles. The standard InChI is InChI=1S/C18H19N3O2/c1-13-7-9-14(10-8-13)19-18(22)11-21-16-6-4-3-5-15(16)20-17(21)12-23-2/h3-10H,11-12H2,1-2H3,(H,19,22). The van der Waals surface area contributed by atoms with Crippen LogP contribution >= 0.6 is 0 Å². The van der Waals surface area contributed by atoms with Gasteiger partial charge in [-0.15, -0.1) is 0 Å². The largest absolute Gasteiger partial charge is 0.377 e. The molecule has 5 nitrogen and oxygen atoms in total. The van der Waals surface area contributed by atoms with Crippen LogP contribution < -0.4 is 5.32 Å². The Bertz CT molecular complexity index is 822. The number of carbonyl (C=O) groups excluding carboxylic acids is 1. The third-order valence-electron chi connectivity index (χ3n) is 3.64. The van der Waals surface area contributed by atoms with Gasteiger partial charge in [0.15, 0.2) is 0 Å². The Morgan fingerprint density at radius 3 is 2.65 bits per heavy atom. The van der Waals surface area contributed by atoms with Crippen LogP contribution in [0, 0.1) is 6.92 Å². The van der Waals surface area contributed by atoms with Crippen LogP contribution in [-0.2, 0) is 22.7 Å². The van der Waals surface area contributed by atoms with Gasteiger partial charge in [0.25, 0.3) is 0 Å². The van der Waals surface area contributed by atoms with Crippen LogP contribution in [0.15, 0.2) is 48.5 Å². The van der Waals surface area contributed by atoms with Gasteiger partial charge >= 0.3 is 0 Å². The number of rotatable bonds is 5. The molecule has 23 heavy (non-hydrogen) atoms. The monoisotopic (exact) mass is 309 g/mol. The number of nitrogens with zero attached hydrogens (tertiary/aromatic N) is 2. The van der Waals surface area contributed by atoms with Crippen LogP contribution in [0.5, 0.6) is 0 Å². The normalized spacial score (nSPS) is 10.9. The van der Waals surface area contributed by atoms with Gasteiger partial charge in [-0.3, -0.25) is 4.79 Å². The first-order valence-corrected chi connectivity index (χ1v) is 7.47. The van der Waals surface area contributed by atoms with E-state index in [1.807, 2.05) is 60.0 Å². The van der Waals surface area contributed by atoms with Crippen LogP contribution in [0.3, 0.4) is 0 Å². The van der Waals surface area contributed by atoms with E-state index in [0.717, 1.165) is 28.1 Å². The highest BCUT2D eigenvalue weighted by Gasteiger charge is 2.13. The van der Waals surface area contributed by atoms with E-state index in [0.29, 0.717) is 6.61 Å². The fraction of sp³-hybridized carbons (Fsp3) is 0.222. The fourth-order valence-electron chi connectivity index (χ4n) is 2.52. The number of benzene rings is 2. The molecule has 0 saturated carbocycles. The highest BCUT2D eigenvalue weighted by molar-refractivity contribution is 5.91. The molecule has 0 atom stereocenters. The Morgan fingerprint density at radius 1 is 1.17 bits per heavy atom. The number of fused-ring (bicyclic) bond motifs is 1. The number of para-hydroxylation sites is 2. The summed E-state index contributed by atoms with van der Waals surface area (Å²) < 4.78 is 7.09. The van der Waals surface area contributed by atoms with Crippen molar-refractivity contribution in [1.29, 1.82) is 0 Å². The lowest BCUT2D eigenvalue weighted by Crippen LogP contribution is -2.20. The zero-order chi connectivity index (χ0) is 16.2. The number of anilines is 1. The second kappa shape index (κ2) is 6.62. The predicted molar refractivity (Wildman–Crippen MR) is 90.3 cm³/mol. The van der Waals surface area contributed by atoms with E-state index in [4.69, 9.17) is 4.74 Å². The van der Waals surface area contributed by atoms with Crippen LogP contribution in [-0.4, -0.2) is 22.6 Å². The van der Waals surface area contributed by atoms with E-state index in [1.54, 1.807) is 7.11 Å².